The van der Waals surface area contributed by atoms with Crippen molar-refractivity contribution in [3.8, 4) is 5.75 Å². The maximum Gasteiger partial charge on any atom is 0.329 e. The van der Waals surface area contributed by atoms with E-state index < -0.39 is 11.8 Å². The smallest absolute Gasteiger partial charge is 0.329 e. The number of benzene rings is 2. The zero-order chi connectivity index (χ0) is 25.5. The average molecular weight is 493 g/mol. The van der Waals surface area contributed by atoms with Crippen molar-refractivity contribution >= 4 is 51.1 Å². The number of hydrazone groups is 1. The Labute approximate surface area is 209 Å². The Morgan fingerprint density at radius 3 is 2.44 bits per heavy atom. The fourth-order valence-electron chi connectivity index (χ4n) is 4.55. The van der Waals surface area contributed by atoms with E-state index in [9.17, 15) is 14.4 Å². The second kappa shape index (κ2) is 11.7. The number of para-hydroxylation sites is 1. The lowest BCUT2D eigenvalue weighted by Gasteiger charge is -2.21. The zero-order valence-corrected chi connectivity index (χ0v) is 20.7. The van der Waals surface area contributed by atoms with Gasteiger partial charge in [-0.25, -0.2) is 5.43 Å². The molecule has 190 valence electrons. The number of carbonyl (C=O) groups is 3. The summed E-state index contributed by atoms with van der Waals surface area (Å²) in [5, 5.41) is 11.3. The van der Waals surface area contributed by atoms with E-state index in [1.165, 1.54) is 26.4 Å². The Bertz CT molecular complexity index is 1290. The van der Waals surface area contributed by atoms with Gasteiger partial charge < -0.3 is 19.8 Å². The van der Waals surface area contributed by atoms with E-state index >= 15 is 0 Å². The van der Waals surface area contributed by atoms with Crippen molar-refractivity contribution in [1.29, 1.82) is 0 Å². The maximum absolute atomic E-state index is 12.5. The van der Waals surface area contributed by atoms with Crippen LogP contribution in [0.5, 0.6) is 5.75 Å². The van der Waals surface area contributed by atoms with Crippen molar-refractivity contribution in [1.82, 2.24) is 10.7 Å². The number of rotatable bonds is 6. The molecule has 36 heavy (non-hydrogen) atoms. The van der Waals surface area contributed by atoms with Crippen molar-refractivity contribution in [2.75, 3.05) is 12.4 Å². The lowest BCUT2D eigenvalue weighted by Crippen LogP contribution is -2.37. The van der Waals surface area contributed by atoms with Crippen LogP contribution in [0.25, 0.3) is 21.9 Å². The Morgan fingerprint density at radius 2 is 1.69 bits per heavy atom. The molecule has 3 aromatic rings. The molecule has 2 aromatic carbocycles. The van der Waals surface area contributed by atoms with E-state index in [2.05, 4.69) is 21.2 Å². The number of anilines is 1. The van der Waals surface area contributed by atoms with Crippen LogP contribution in [0, 0.1) is 0 Å². The summed E-state index contributed by atoms with van der Waals surface area (Å²) >= 11 is 0. The van der Waals surface area contributed by atoms with Crippen LogP contribution < -0.4 is 20.8 Å². The lowest BCUT2D eigenvalue weighted by molar-refractivity contribution is -0.136. The van der Waals surface area contributed by atoms with Crippen molar-refractivity contribution in [2.45, 2.75) is 64.3 Å². The summed E-state index contributed by atoms with van der Waals surface area (Å²) < 4.78 is 11.3. The van der Waals surface area contributed by atoms with Gasteiger partial charge in [0.25, 0.3) is 0 Å². The maximum atomic E-state index is 12.5. The van der Waals surface area contributed by atoms with Gasteiger partial charge in [0.2, 0.25) is 5.91 Å². The molecule has 4 rings (SSSR count). The van der Waals surface area contributed by atoms with Gasteiger partial charge in [-0.1, -0.05) is 50.3 Å². The molecule has 1 aliphatic carbocycles. The highest BCUT2D eigenvalue weighted by Crippen LogP contribution is 2.36. The third kappa shape index (κ3) is 6.21. The molecule has 1 aromatic heterocycles. The Hall–Kier alpha value is -3.88. The first-order chi connectivity index (χ1) is 17.4. The first-order valence-corrected chi connectivity index (χ1v) is 12.4. The predicted molar refractivity (Wildman–Crippen MR) is 139 cm³/mol. The molecule has 1 saturated carbocycles. The molecule has 9 nitrogen and oxygen atoms in total. The third-order valence-electron chi connectivity index (χ3n) is 6.39. The molecular weight excluding hydrogens is 460 g/mol. The van der Waals surface area contributed by atoms with Gasteiger partial charge in [-0.2, -0.15) is 5.10 Å². The SMILES string of the molecule is COc1cc2c(cc1NC(=O)C(=O)NN=C(C)CC(=O)NC1CCCCCCC1)oc1ccccc12. The van der Waals surface area contributed by atoms with E-state index in [0.717, 1.165) is 36.5 Å². The van der Waals surface area contributed by atoms with Crippen LogP contribution in [0.4, 0.5) is 5.69 Å². The summed E-state index contributed by atoms with van der Waals surface area (Å²) in [7, 11) is 1.48. The highest BCUT2D eigenvalue weighted by molar-refractivity contribution is 6.40. The quantitative estimate of drug-likeness (QED) is 0.263. The van der Waals surface area contributed by atoms with Gasteiger partial charge >= 0.3 is 11.8 Å². The molecule has 0 atom stereocenters. The van der Waals surface area contributed by atoms with E-state index in [0.29, 0.717) is 28.3 Å². The second-order valence-electron chi connectivity index (χ2n) is 9.18. The van der Waals surface area contributed by atoms with Crippen molar-refractivity contribution < 1.29 is 23.5 Å². The molecule has 0 radical (unpaired) electrons. The Kier molecular flexibility index (Phi) is 8.20. The van der Waals surface area contributed by atoms with Gasteiger partial charge in [-0.05, 0) is 31.9 Å². The average Bonchev–Trinajstić information content (AvgIpc) is 3.20. The van der Waals surface area contributed by atoms with E-state index in [4.69, 9.17) is 9.15 Å². The van der Waals surface area contributed by atoms with E-state index in [1.54, 1.807) is 19.1 Å². The molecule has 3 N–H and O–H groups in total. The van der Waals surface area contributed by atoms with Crippen LogP contribution in [-0.2, 0) is 14.4 Å². The van der Waals surface area contributed by atoms with Crippen molar-refractivity contribution in [3.63, 3.8) is 0 Å². The second-order valence-corrected chi connectivity index (χ2v) is 9.18. The topological polar surface area (TPSA) is 122 Å². The van der Waals surface area contributed by atoms with E-state index in [-0.39, 0.29) is 18.4 Å². The highest BCUT2D eigenvalue weighted by atomic mass is 16.5. The summed E-state index contributed by atoms with van der Waals surface area (Å²) in [6, 6.07) is 11.1. The highest BCUT2D eigenvalue weighted by Gasteiger charge is 2.19. The fourth-order valence-corrected chi connectivity index (χ4v) is 4.55. The number of carbonyl (C=O) groups excluding carboxylic acids is 3. The van der Waals surface area contributed by atoms with Crippen molar-refractivity contribution in [2.24, 2.45) is 5.10 Å². The minimum atomic E-state index is -0.957. The summed E-state index contributed by atoms with van der Waals surface area (Å²) in [5.41, 5.74) is 4.18. The minimum Gasteiger partial charge on any atom is -0.495 e. The van der Waals surface area contributed by atoms with Gasteiger partial charge in [0.05, 0.1) is 19.2 Å². The summed E-state index contributed by atoms with van der Waals surface area (Å²) in [5.74, 6) is -1.62. The monoisotopic (exact) mass is 492 g/mol. The number of nitrogens with zero attached hydrogens (tertiary/aromatic N) is 1. The summed E-state index contributed by atoms with van der Waals surface area (Å²) in [6.45, 7) is 1.63. The largest absolute Gasteiger partial charge is 0.495 e. The molecule has 3 amide bonds. The first-order valence-electron chi connectivity index (χ1n) is 12.4. The number of fused-ring (bicyclic) bond motifs is 3. The fraction of sp³-hybridized carbons (Fsp3) is 0.407. The molecule has 1 heterocycles. The van der Waals surface area contributed by atoms with Crippen molar-refractivity contribution in [3.05, 3.63) is 36.4 Å². The molecule has 1 fully saturated rings. The predicted octanol–water partition coefficient (Wildman–Crippen LogP) is 4.64. The van der Waals surface area contributed by atoms with Gasteiger partial charge in [0, 0.05) is 28.6 Å². The number of furan rings is 1. The molecule has 0 unspecified atom stereocenters. The van der Waals surface area contributed by atoms with Crippen LogP contribution in [-0.4, -0.2) is 36.6 Å². The Morgan fingerprint density at radius 1 is 0.972 bits per heavy atom. The van der Waals surface area contributed by atoms with Gasteiger partial charge in [-0.3, -0.25) is 14.4 Å². The van der Waals surface area contributed by atoms with Gasteiger partial charge in [0.15, 0.2) is 0 Å². The number of ether oxygens (including phenoxy) is 1. The van der Waals surface area contributed by atoms with Crippen LogP contribution in [0.2, 0.25) is 0 Å². The minimum absolute atomic E-state index is 0.0505. The molecule has 0 spiro atoms. The number of nitrogens with one attached hydrogen (secondary N) is 3. The van der Waals surface area contributed by atoms with Crippen LogP contribution in [0.15, 0.2) is 45.9 Å². The zero-order valence-electron chi connectivity index (χ0n) is 20.7. The number of amides is 3. The standard InChI is InChI=1S/C27H32N4O5/c1-17(14-25(32)28-18-10-6-4-3-5-7-11-18)30-31-27(34)26(33)29-21-16-23-20(15-24(21)35-2)19-12-8-9-13-22(19)36-23/h8-9,12-13,15-16,18H,3-7,10-11,14H2,1-2H3,(H,28,32)(H,29,33)(H,31,34). The molecule has 0 saturated heterocycles. The van der Waals surface area contributed by atoms with Gasteiger partial charge in [-0.15, -0.1) is 0 Å². The van der Waals surface area contributed by atoms with Crippen LogP contribution in [0.3, 0.4) is 0 Å². The molecule has 1 aliphatic rings. The van der Waals surface area contributed by atoms with Crippen LogP contribution in [0.1, 0.15) is 58.3 Å². The number of hydrogen-bond donors (Lipinski definition) is 3. The third-order valence-corrected chi connectivity index (χ3v) is 6.39. The number of methoxy groups -OCH3 is 1. The molecule has 9 heteroatoms. The first kappa shape index (κ1) is 25.2. The normalized spacial score (nSPS) is 15.2. The van der Waals surface area contributed by atoms with E-state index in [1.807, 2.05) is 24.3 Å². The summed E-state index contributed by atoms with van der Waals surface area (Å²) in [6.07, 6.45) is 7.95. The summed E-state index contributed by atoms with van der Waals surface area (Å²) in [4.78, 5) is 37.2. The molecule has 0 bridgehead atoms. The molecular formula is C27H32N4O5. The van der Waals surface area contributed by atoms with Gasteiger partial charge in [0.1, 0.15) is 16.9 Å². The van der Waals surface area contributed by atoms with Crippen LogP contribution >= 0.6 is 0 Å². The Balaban J connectivity index is 1.34. The number of hydrogen-bond acceptors (Lipinski definition) is 6. The lowest BCUT2D eigenvalue weighted by atomic mass is 9.96. The molecule has 0 aliphatic heterocycles.